The molecule has 0 aliphatic rings. The van der Waals surface area contributed by atoms with E-state index in [0.29, 0.717) is 36.1 Å². The molecule has 0 aromatic heterocycles. The first kappa shape index (κ1) is 17.0. The third kappa shape index (κ3) is 5.71. The molecule has 0 amide bonds. The minimum Gasteiger partial charge on any atom is -0.491 e. The van der Waals surface area contributed by atoms with Gasteiger partial charge in [0.05, 0.1) is 12.3 Å². The van der Waals surface area contributed by atoms with Gasteiger partial charge in [0.1, 0.15) is 23.9 Å². The number of benzene rings is 2. The Kier molecular flexibility index (Phi) is 6.56. The predicted octanol–water partition coefficient (Wildman–Crippen LogP) is 3.84. The second kappa shape index (κ2) is 8.90. The number of nitrogen functional groups attached to an aromatic ring is 2. The molecule has 2 rings (SSSR count). The van der Waals surface area contributed by atoms with Crippen LogP contribution in [0.3, 0.4) is 0 Å². The fourth-order valence-corrected chi connectivity index (χ4v) is 1.96. The predicted molar refractivity (Wildman–Crippen MR) is 93.0 cm³/mol. The molecule has 4 N–H and O–H groups in total. The zero-order valence-corrected chi connectivity index (χ0v) is 13.5. The standard InChI is InChI=1S/C18H24N2O3/c1-2-3-10-21-11-12-22-15-5-7-16(8-6-15)23-18-9-4-14(19)13-17(18)20/h4-9,13H,2-3,10-12,19-20H2,1H3. The van der Waals surface area contributed by atoms with E-state index >= 15 is 0 Å². The van der Waals surface area contributed by atoms with Gasteiger partial charge in [-0.15, -0.1) is 0 Å². The number of hydrogen-bond acceptors (Lipinski definition) is 5. The molecule has 23 heavy (non-hydrogen) atoms. The van der Waals surface area contributed by atoms with Crippen LogP contribution in [0.25, 0.3) is 0 Å². The number of nitrogens with two attached hydrogens (primary N) is 2. The minimum absolute atomic E-state index is 0.509. The molecule has 0 saturated carbocycles. The molecule has 0 aliphatic heterocycles. The maximum absolute atomic E-state index is 5.87. The van der Waals surface area contributed by atoms with Crippen molar-refractivity contribution >= 4 is 11.4 Å². The van der Waals surface area contributed by atoms with Gasteiger partial charge in [-0.2, -0.15) is 0 Å². The maximum Gasteiger partial charge on any atom is 0.150 e. The first-order valence-electron chi connectivity index (χ1n) is 7.82. The molecule has 0 unspecified atom stereocenters. The van der Waals surface area contributed by atoms with Crippen molar-refractivity contribution in [3.8, 4) is 17.2 Å². The number of ether oxygens (including phenoxy) is 3. The summed E-state index contributed by atoms with van der Waals surface area (Å²) in [7, 11) is 0. The molecule has 5 heteroatoms. The smallest absolute Gasteiger partial charge is 0.150 e. The molecule has 2 aromatic carbocycles. The van der Waals surface area contributed by atoms with Gasteiger partial charge in [0.25, 0.3) is 0 Å². The second-order valence-corrected chi connectivity index (χ2v) is 5.19. The van der Waals surface area contributed by atoms with E-state index in [0.717, 1.165) is 25.2 Å². The fraction of sp³-hybridized carbons (Fsp3) is 0.333. The maximum atomic E-state index is 5.87. The average Bonchev–Trinajstić information content (AvgIpc) is 2.55. The van der Waals surface area contributed by atoms with Crippen molar-refractivity contribution in [3.63, 3.8) is 0 Å². The molecule has 2 aromatic rings. The van der Waals surface area contributed by atoms with E-state index in [4.69, 9.17) is 25.7 Å². The summed E-state index contributed by atoms with van der Waals surface area (Å²) in [4.78, 5) is 0. The van der Waals surface area contributed by atoms with Crippen LogP contribution >= 0.6 is 0 Å². The van der Waals surface area contributed by atoms with Crippen LogP contribution in [0, 0.1) is 0 Å². The highest BCUT2D eigenvalue weighted by atomic mass is 16.5. The summed E-state index contributed by atoms with van der Waals surface area (Å²) in [6, 6.07) is 12.6. The van der Waals surface area contributed by atoms with Gasteiger partial charge in [-0.3, -0.25) is 0 Å². The van der Waals surface area contributed by atoms with Gasteiger partial charge in [-0.1, -0.05) is 13.3 Å². The molecule has 5 nitrogen and oxygen atoms in total. The molecule has 0 heterocycles. The summed E-state index contributed by atoms with van der Waals surface area (Å²) in [6.45, 7) is 4.06. The molecular formula is C18H24N2O3. The number of anilines is 2. The zero-order valence-electron chi connectivity index (χ0n) is 13.5. The van der Waals surface area contributed by atoms with Gasteiger partial charge in [0.15, 0.2) is 0 Å². The van der Waals surface area contributed by atoms with Crippen LogP contribution in [0.4, 0.5) is 11.4 Å². The Bertz CT molecular complexity index is 600. The Morgan fingerprint density at radius 2 is 1.61 bits per heavy atom. The lowest BCUT2D eigenvalue weighted by molar-refractivity contribution is 0.0980. The SMILES string of the molecule is CCCCOCCOc1ccc(Oc2ccc(N)cc2N)cc1. The van der Waals surface area contributed by atoms with Crippen molar-refractivity contribution in [2.24, 2.45) is 0 Å². The highest BCUT2D eigenvalue weighted by Gasteiger charge is 2.03. The molecule has 0 saturated heterocycles. The van der Waals surface area contributed by atoms with Gasteiger partial charge >= 0.3 is 0 Å². The Hall–Kier alpha value is -2.40. The summed E-state index contributed by atoms with van der Waals surface area (Å²) < 4.78 is 16.8. The van der Waals surface area contributed by atoms with E-state index in [1.165, 1.54) is 0 Å². The van der Waals surface area contributed by atoms with Crippen LogP contribution in [-0.4, -0.2) is 19.8 Å². The monoisotopic (exact) mass is 316 g/mol. The first-order chi connectivity index (χ1) is 11.2. The Morgan fingerprint density at radius 1 is 0.870 bits per heavy atom. The van der Waals surface area contributed by atoms with Gasteiger partial charge in [-0.25, -0.2) is 0 Å². The van der Waals surface area contributed by atoms with Crippen LogP contribution in [-0.2, 0) is 4.74 Å². The average molecular weight is 316 g/mol. The molecule has 0 radical (unpaired) electrons. The van der Waals surface area contributed by atoms with Crippen molar-refractivity contribution in [3.05, 3.63) is 42.5 Å². The summed E-state index contributed by atoms with van der Waals surface area (Å²) in [6.07, 6.45) is 2.22. The molecule has 0 spiro atoms. The Labute approximate surface area is 137 Å². The van der Waals surface area contributed by atoms with E-state index < -0.39 is 0 Å². The topological polar surface area (TPSA) is 79.7 Å². The number of hydrogen-bond donors (Lipinski definition) is 2. The van der Waals surface area contributed by atoms with Crippen molar-refractivity contribution < 1.29 is 14.2 Å². The van der Waals surface area contributed by atoms with Crippen LogP contribution in [0.2, 0.25) is 0 Å². The van der Waals surface area contributed by atoms with Gasteiger partial charge in [0, 0.05) is 12.3 Å². The number of rotatable bonds is 9. The first-order valence-corrected chi connectivity index (χ1v) is 7.82. The lowest BCUT2D eigenvalue weighted by Gasteiger charge is -2.10. The zero-order chi connectivity index (χ0) is 16.5. The molecule has 0 atom stereocenters. The Morgan fingerprint density at radius 3 is 2.30 bits per heavy atom. The van der Waals surface area contributed by atoms with Crippen LogP contribution < -0.4 is 20.9 Å². The highest BCUT2D eigenvalue weighted by Crippen LogP contribution is 2.29. The second-order valence-electron chi connectivity index (χ2n) is 5.19. The summed E-state index contributed by atoms with van der Waals surface area (Å²) in [5.41, 5.74) is 12.7. The fourth-order valence-electron chi connectivity index (χ4n) is 1.96. The van der Waals surface area contributed by atoms with Crippen LogP contribution in [0.15, 0.2) is 42.5 Å². The quantitative estimate of drug-likeness (QED) is 0.543. The Balaban J connectivity index is 1.80. The van der Waals surface area contributed by atoms with Crippen molar-refractivity contribution in [1.82, 2.24) is 0 Å². The van der Waals surface area contributed by atoms with E-state index in [1.807, 2.05) is 24.3 Å². The summed E-state index contributed by atoms with van der Waals surface area (Å²) >= 11 is 0. The van der Waals surface area contributed by atoms with Crippen LogP contribution in [0.1, 0.15) is 19.8 Å². The van der Waals surface area contributed by atoms with Gasteiger partial charge in [-0.05, 0) is 48.9 Å². The minimum atomic E-state index is 0.509. The van der Waals surface area contributed by atoms with E-state index in [9.17, 15) is 0 Å². The highest BCUT2D eigenvalue weighted by molar-refractivity contribution is 5.61. The van der Waals surface area contributed by atoms with Crippen molar-refractivity contribution in [2.45, 2.75) is 19.8 Å². The molecule has 124 valence electrons. The van der Waals surface area contributed by atoms with E-state index in [1.54, 1.807) is 18.2 Å². The van der Waals surface area contributed by atoms with E-state index in [-0.39, 0.29) is 0 Å². The number of unbranched alkanes of at least 4 members (excludes halogenated alkanes) is 1. The lowest BCUT2D eigenvalue weighted by atomic mass is 10.2. The third-order valence-corrected chi connectivity index (χ3v) is 3.22. The summed E-state index contributed by atoms with van der Waals surface area (Å²) in [5.74, 6) is 2.05. The molecule has 0 bridgehead atoms. The van der Waals surface area contributed by atoms with E-state index in [2.05, 4.69) is 6.92 Å². The molecular weight excluding hydrogens is 292 g/mol. The molecule has 0 aliphatic carbocycles. The normalized spacial score (nSPS) is 10.5. The van der Waals surface area contributed by atoms with Gasteiger partial charge < -0.3 is 25.7 Å². The lowest BCUT2D eigenvalue weighted by Crippen LogP contribution is -2.07. The summed E-state index contributed by atoms with van der Waals surface area (Å²) in [5, 5.41) is 0. The van der Waals surface area contributed by atoms with Crippen molar-refractivity contribution in [2.75, 3.05) is 31.3 Å². The molecule has 0 fully saturated rings. The van der Waals surface area contributed by atoms with Crippen LogP contribution in [0.5, 0.6) is 17.2 Å². The third-order valence-electron chi connectivity index (χ3n) is 3.22. The van der Waals surface area contributed by atoms with Gasteiger partial charge in [0.2, 0.25) is 0 Å². The largest absolute Gasteiger partial charge is 0.491 e. The van der Waals surface area contributed by atoms with Crippen molar-refractivity contribution in [1.29, 1.82) is 0 Å².